The summed E-state index contributed by atoms with van der Waals surface area (Å²) in [6, 6.07) is 0. The van der Waals surface area contributed by atoms with Crippen molar-refractivity contribution in [1.82, 2.24) is 8.61 Å². The van der Waals surface area contributed by atoms with E-state index in [1.165, 1.54) is 13.1 Å². The molecule has 2 nitrogen and oxygen atoms in total. The van der Waals surface area contributed by atoms with E-state index in [4.69, 9.17) is 0 Å². The SMILES string of the molecule is CSN1CCN(SC)C1I. The summed E-state index contributed by atoms with van der Waals surface area (Å²) >= 11 is 6.13. The van der Waals surface area contributed by atoms with E-state index < -0.39 is 0 Å². The van der Waals surface area contributed by atoms with Crippen molar-refractivity contribution >= 4 is 46.5 Å². The molecular weight excluding hydrogens is 279 g/mol. The molecule has 1 saturated heterocycles. The second-order valence-corrected chi connectivity index (χ2v) is 4.74. The van der Waals surface area contributed by atoms with Crippen LogP contribution in [0.1, 0.15) is 0 Å². The molecule has 0 aromatic rings. The van der Waals surface area contributed by atoms with Gasteiger partial charge in [-0.2, -0.15) is 0 Å². The molecular formula is C5H11IN2S2. The zero-order valence-electron chi connectivity index (χ0n) is 6.08. The first kappa shape index (κ1) is 9.44. The standard InChI is InChI=1S/C5H11IN2S2/c1-9-7-3-4-8(10-2)5(7)6/h5H,3-4H2,1-2H3. The van der Waals surface area contributed by atoms with Crippen molar-refractivity contribution < 1.29 is 0 Å². The minimum Gasteiger partial charge on any atom is -0.223 e. The maximum atomic E-state index is 2.47. The predicted octanol–water partition coefficient (Wildman–Crippen LogP) is 1.88. The Morgan fingerprint density at radius 1 is 1.20 bits per heavy atom. The maximum Gasteiger partial charge on any atom is 0.134 e. The molecule has 0 aliphatic carbocycles. The summed E-state index contributed by atoms with van der Waals surface area (Å²) in [6.45, 7) is 2.38. The molecule has 1 aliphatic heterocycles. The van der Waals surface area contributed by atoms with Gasteiger partial charge in [-0.1, -0.05) is 23.9 Å². The first-order valence-corrected chi connectivity index (χ1v) is 6.66. The summed E-state index contributed by atoms with van der Waals surface area (Å²) in [5.74, 6) is 0. The van der Waals surface area contributed by atoms with E-state index in [2.05, 4.69) is 43.7 Å². The molecule has 5 heteroatoms. The van der Waals surface area contributed by atoms with Crippen LogP contribution in [0.25, 0.3) is 0 Å². The number of alkyl halides is 1. The van der Waals surface area contributed by atoms with E-state index in [1.54, 1.807) is 0 Å². The number of hydrogen-bond acceptors (Lipinski definition) is 4. The van der Waals surface area contributed by atoms with Crippen LogP contribution in [-0.2, 0) is 0 Å². The Morgan fingerprint density at radius 3 is 1.80 bits per heavy atom. The van der Waals surface area contributed by atoms with Crippen LogP contribution in [-0.4, -0.2) is 38.4 Å². The largest absolute Gasteiger partial charge is 0.223 e. The van der Waals surface area contributed by atoms with Crippen LogP contribution < -0.4 is 0 Å². The fourth-order valence-corrected chi connectivity index (χ4v) is 4.00. The Labute approximate surface area is 84.5 Å². The van der Waals surface area contributed by atoms with Crippen LogP contribution in [0.5, 0.6) is 0 Å². The average Bonchev–Trinajstić information content (AvgIpc) is 2.30. The van der Waals surface area contributed by atoms with Crippen LogP contribution in [0, 0.1) is 0 Å². The molecule has 1 rings (SSSR count). The maximum absolute atomic E-state index is 2.47. The van der Waals surface area contributed by atoms with Gasteiger partial charge in [-0.3, -0.25) is 0 Å². The summed E-state index contributed by atoms with van der Waals surface area (Å²) in [5, 5.41) is 0. The third-order valence-electron chi connectivity index (χ3n) is 1.49. The molecule has 0 radical (unpaired) electrons. The van der Waals surface area contributed by atoms with Crippen molar-refractivity contribution in [2.75, 3.05) is 25.6 Å². The molecule has 0 unspecified atom stereocenters. The molecule has 0 aromatic heterocycles. The van der Waals surface area contributed by atoms with Crippen molar-refractivity contribution in [3.63, 3.8) is 0 Å². The Morgan fingerprint density at radius 2 is 1.60 bits per heavy atom. The minimum atomic E-state index is 0.572. The van der Waals surface area contributed by atoms with Gasteiger partial charge in [0.2, 0.25) is 0 Å². The molecule has 1 heterocycles. The molecule has 1 aliphatic rings. The minimum absolute atomic E-state index is 0.572. The monoisotopic (exact) mass is 290 g/mol. The van der Waals surface area contributed by atoms with Crippen LogP contribution in [0.15, 0.2) is 0 Å². The Balaban J connectivity index is 2.41. The lowest BCUT2D eigenvalue weighted by molar-refractivity contribution is 0.471. The van der Waals surface area contributed by atoms with E-state index >= 15 is 0 Å². The van der Waals surface area contributed by atoms with Crippen LogP contribution in [0.2, 0.25) is 0 Å². The zero-order valence-corrected chi connectivity index (χ0v) is 9.87. The molecule has 0 spiro atoms. The van der Waals surface area contributed by atoms with Crippen molar-refractivity contribution in [2.45, 2.75) is 4.17 Å². The van der Waals surface area contributed by atoms with Crippen molar-refractivity contribution in [3.05, 3.63) is 0 Å². The third-order valence-corrected chi connectivity index (χ3v) is 5.29. The third kappa shape index (κ3) is 1.94. The van der Waals surface area contributed by atoms with E-state index in [0.29, 0.717) is 4.17 Å². The quantitative estimate of drug-likeness (QED) is 0.331. The van der Waals surface area contributed by atoms with E-state index in [1.807, 2.05) is 23.9 Å². The Hall–Kier alpha value is 1.35. The highest BCUT2D eigenvalue weighted by Gasteiger charge is 2.28. The van der Waals surface area contributed by atoms with Gasteiger partial charge in [0.15, 0.2) is 0 Å². The molecule has 10 heavy (non-hydrogen) atoms. The highest BCUT2D eigenvalue weighted by molar-refractivity contribution is 14.1. The lowest BCUT2D eigenvalue weighted by atomic mass is 10.7. The van der Waals surface area contributed by atoms with E-state index in [9.17, 15) is 0 Å². The molecule has 0 N–H and O–H groups in total. The second kappa shape index (κ2) is 4.39. The van der Waals surface area contributed by atoms with Crippen molar-refractivity contribution in [3.8, 4) is 0 Å². The fraction of sp³-hybridized carbons (Fsp3) is 1.00. The highest BCUT2D eigenvalue weighted by Crippen LogP contribution is 2.29. The van der Waals surface area contributed by atoms with Crippen molar-refractivity contribution in [2.24, 2.45) is 0 Å². The molecule has 0 bridgehead atoms. The van der Waals surface area contributed by atoms with Gasteiger partial charge >= 0.3 is 0 Å². The second-order valence-electron chi connectivity index (χ2n) is 1.96. The predicted molar refractivity (Wildman–Crippen MR) is 58.3 cm³/mol. The van der Waals surface area contributed by atoms with Crippen LogP contribution in [0.4, 0.5) is 0 Å². The Kier molecular flexibility index (Phi) is 4.15. The smallest absolute Gasteiger partial charge is 0.134 e. The zero-order chi connectivity index (χ0) is 7.56. The average molecular weight is 290 g/mol. The van der Waals surface area contributed by atoms with E-state index in [-0.39, 0.29) is 0 Å². The normalized spacial score (nSPS) is 24.3. The van der Waals surface area contributed by atoms with Crippen LogP contribution in [0.3, 0.4) is 0 Å². The Bertz CT molecular complexity index is 102. The molecule has 0 atom stereocenters. The lowest BCUT2D eigenvalue weighted by Gasteiger charge is -2.20. The summed E-state index contributed by atoms with van der Waals surface area (Å²) in [7, 11) is 0. The first-order chi connectivity index (χ1) is 4.79. The number of hydrogen-bond donors (Lipinski definition) is 0. The fourth-order valence-electron chi connectivity index (χ4n) is 0.910. The molecule has 0 amide bonds. The number of halogens is 1. The molecule has 0 aromatic carbocycles. The van der Waals surface area contributed by atoms with Gasteiger partial charge in [-0.15, -0.1) is 0 Å². The van der Waals surface area contributed by atoms with Gasteiger partial charge in [-0.25, -0.2) is 8.61 Å². The lowest BCUT2D eigenvalue weighted by Crippen LogP contribution is -2.23. The summed E-state index contributed by atoms with van der Waals surface area (Å²) in [6.07, 6.45) is 4.27. The molecule has 60 valence electrons. The van der Waals surface area contributed by atoms with E-state index in [0.717, 1.165) is 0 Å². The first-order valence-electron chi connectivity index (χ1n) is 3.05. The van der Waals surface area contributed by atoms with Crippen molar-refractivity contribution in [1.29, 1.82) is 0 Å². The number of nitrogens with zero attached hydrogens (tertiary/aromatic N) is 2. The van der Waals surface area contributed by atoms with Gasteiger partial charge in [0, 0.05) is 13.1 Å². The summed E-state index contributed by atoms with van der Waals surface area (Å²) in [5.41, 5.74) is 0. The highest BCUT2D eigenvalue weighted by atomic mass is 127. The van der Waals surface area contributed by atoms with Gasteiger partial charge in [0.25, 0.3) is 0 Å². The number of rotatable bonds is 2. The summed E-state index contributed by atoms with van der Waals surface area (Å²) < 4.78 is 5.34. The van der Waals surface area contributed by atoms with Gasteiger partial charge in [0.05, 0.1) is 0 Å². The van der Waals surface area contributed by atoms with Gasteiger partial charge in [-0.05, 0) is 35.1 Å². The van der Waals surface area contributed by atoms with Crippen LogP contribution >= 0.6 is 46.5 Å². The summed E-state index contributed by atoms with van der Waals surface area (Å²) in [4.78, 5) is 0. The van der Waals surface area contributed by atoms with Gasteiger partial charge in [0.1, 0.15) is 4.17 Å². The topological polar surface area (TPSA) is 6.48 Å². The molecule has 0 saturated carbocycles. The molecule has 1 fully saturated rings. The van der Waals surface area contributed by atoms with Gasteiger partial charge < -0.3 is 0 Å².